The first kappa shape index (κ1) is 16.5. The molecule has 0 saturated carbocycles. The van der Waals surface area contributed by atoms with E-state index >= 15 is 0 Å². The summed E-state index contributed by atoms with van der Waals surface area (Å²) in [4.78, 5) is 9.12. The van der Waals surface area contributed by atoms with Crippen LogP contribution in [0.1, 0.15) is 19.5 Å². The molecular weight excluding hydrogens is 445 g/mol. The van der Waals surface area contributed by atoms with Gasteiger partial charge in [-0.15, -0.1) is 0 Å². The standard InChI is InChI=1S/C15H17BrIN3O/c1-8(2)6-12-13(17)14(18)20-15(19-12)10-7-9(21-3)4-5-11(10)16/h4-5,7-8H,6H2,1-3H3,(H2,18,19,20). The predicted molar refractivity (Wildman–Crippen MR) is 97.4 cm³/mol. The van der Waals surface area contributed by atoms with Gasteiger partial charge in [0.2, 0.25) is 0 Å². The van der Waals surface area contributed by atoms with Crippen LogP contribution in [0.5, 0.6) is 5.75 Å². The molecule has 0 bridgehead atoms. The number of rotatable bonds is 4. The number of nitrogen functional groups attached to an aromatic ring is 1. The highest BCUT2D eigenvalue weighted by molar-refractivity contribution is 14.1. The van der Waals surface area contributed by atoms with Crippen LogP contribution in [0.15, 0.2) is 22.7 Å². The van der Waals surface area contributed by atoms with Gasteiger partial charge in [-0.25, -0.2) is 9.97 Å². The third-order valence-corrected chi connectivity index (χ3v) is 4.83. The van der Waals surface area contributed by atoms with Crippen molar-refractivity contribution in [1.82, 2.24) is 9.97 Å². The number of hydrogen-bond donors (Lipinski definition) is 1. The van der Waals surface area contributed by atoms with Crippen LogP contribution >= 0.6 is 38.5 Å². The van der Waals surface area contributed by atoms with Crippen LogP contribution < -0.4 is 10.5 Å². The zero-order valence-corrected chi connectivity index (χ0v) is 15.9. The van der Waals surface area contributed by atoms with Crippen LogP contribution in [0.4, 0.5) is 5.82 Å². The predicted octanol–water partition coefficient (Wildman–Crippen LogP) is 4.30. The van der Waals surface area contributed by atoms with Gasteiger partial charge in [-0.2, -0.15) is 0 Å². The van der Waals surface area contributed by atoms with Crippen molar-refractivity contribution in [2.75, 3.05) is 12.8 Å². The Labute approximate surface area is 146 Å². The van der Waals surface area contributed by atoms with Crippen molar-refractivity contribution in [3.05, 3.63) is 31.9 Å². The number of aromatic nitrogens is 2. The molecule has 4 nitrogen and oxygen atoms in total. The molecule has 2 aromatic rings. The number of anilines is 1. The number of ether oxygens (including phenoxy) is 1. The van der Waals surface area contributed by atoms with Gasteiger partial charge in [-0.05, 0) is 53.1 Å². The van der Waals surface area contributed by atoms with E-state index in [-0.39, 0.29) is 0 Å². The normalized spacial score (nSPS) is 11.0. The molecule has 0 radical (unpaired) electrons. The smallest absolute Gasteiger partial charge is 0.163 e. The van der Waals surface area contributed by atoms with Crippen LogP contribution in [0.2, 0.25) is 0 Å². The van der Waals surface area contributed by atoms with Crippen LogP contribution in [0.3, 0.4) is 0 Å². The summed E-state index contributed by atoms with van der Waals surface area (Å²) in [6, 6.07) is 5.72. The Kier molecular flexibility index (Phi) is 5.43. The molecule has 2 rings (SSSR count). The minimum absolute atomic E-state index is 0.509. The van der Waals surface area contributed by atoms with Crippen LogP contribution in [0, 0.1) is 9.49 Å². The van der Waals surface area contributed by atoms with E-state index in [1.807, 2.05) is 18.2 Å². The van der Waals surface area contributed by atoms with Crippen LogP contribution in [-0.4, -0.2) is 17.1 Å². The van der Waals surface area contributed by atoms with E-state index in [4.69, 9.17) is 15.5 Å². The summed E-state index contributed by atoms with van der Waals surface area (Å²) in [5.41, 5.74) is 7.92. The van der Waals surface area contributed by atoms with Crippen LogP contribution in [-0.2, 0) is 6.42 Å². The van der Waals surface area contributed by atoms with Crippen molar-refractivity contribution < 1.29 is 4.74 Å². The minimum atomic E-state index is 0.509. The van der Waals surface area contributed by atoms with Crippen molar-refractivity contribution in [1.29, 1.82) is 0 Å². The van der Waals surface area contributed by atoms with E-state index in [0.717, 1.165) is 31.5 Å². The first-order valence-electron chi connectivity index (χ1n) is 6.58. The highest BCUT2D eigenvalue weighted by Gasteiger charge is 2.15. The topological polar surface area (TPSA) is 61.0 Å². The summed E-state index contributed by atoms with van der Waals surface area (Å²) < 4.78 is 7.12. The van der Waals surface area contributed by atoms with Gasteiger partial charge in [-0.3, -0.25) is 0 Å². The second kappa shape index (κ2) is 6.91. The Hall–Kier alpha value is -0.890. The first-order chi connectivity index (χ1) is 9.92. The zero-order chi connectivity index (χ0) is 15.6. The quantitative estimate of drug-likeness (QED) is 0.689. The molecule has 1 heterocycles. The number of hydrogen-bond acceptors (Lipinski definition) is 4. The number of benzene rings is 1. The lowest BCUT2D eigenvalue weighted by atomic mass is 10.1. The fourth-order valence-corrected chi connectivity index (χ4v) is 2.84. The van der Waals surface area contributed by atoms with Gasteiger partial charge < -0.3 is 10.5 Å². The Morgan fingerprint density at radius 2 is 2.05 bits per heavy atom. The molecule has 0 aliphatic heterocycles. The second-order valence-electron chi connectivity index (χ2n) is 5.14. The molecule has 21 heavy (non-hydrogen) atoms. The summed E-state index contributed by atoms with van der Waals surface area (Å²) in [5.74, 6) is 2.41. The summed E-state index contributed by atoms with van der Waals surface area (Å²) >= 11 is 5.75. The summed E-state index contributed by atoms with van der Waals surface area (Å²) in [6.07, 6.45) is 0.875. The van der Waals surface area contributed by atoms with Crippen molar-refractivity contribution in [3.63, 3.8) is 0 Å². The number of methoxy groups -OCH3 is 1. The average Bonchev–Trinajstić information content (AvgIpc) is 2.43. The molecular formula is C15H17BrIN3O. The highest BCUT2D eigenvalue weighted by atomic mass is 127. The molecule has 0 saturated heterocycles. The fraction of sp³-hybridized carbons (Fsp3) is 0.333. The van der Waals surface area contributed by atoms with Gasteiger partial charge in [0.25, 0.3) is 0 Å². The second-order valence-corrected chi connectivity index (χ2v) is 7.07. The lowest BCUT2D eigenvalue weighted by molar-refractivity contribution is 0.415. The summed E-state index contributed by atoms with van der Waals surface area (Å²) in [6.45, 7) is 4.32. The summed E-state index contributed by atoms with van der Waals surface area (Å²) in [7, 11) is 1.64. The maximum absolute atomic E-state index is 6.05. The monoisotopic (exact) mass is 461 g/mol. The Morgan fingerprint density at radius 3 is 2.67 bits per heavy atom. The number of nitrogens with two attached hydrogens (primary N) is 1. The Morgan fingerprint density at radius 1 is 1.33 bits per heavy atom. The summed E-state index contributed by atoms with van der Waals surface area (Å²) in [5, 5.41) is 0. The van der Waals surface area contributed by atoms with E-state index < -0.39 is 0 Å². The largest absolute Gasteiger partial charge is 0.497 e. The fourth-order valence-electron chi connectivity index (χ4n) is 1.96. The molecule has 0 atom stereocenters. The van der Waals surface area contributed by atoms with E-state index in [2.05, 4.69) is 57.4 Å². The third kappa shape index (κ3) is 3.85. The maximum Gasteiger partial charge on any atom is 0.163 e. The highest BCUT2D eigenvalue weighted by Crippen LogP contribution is 2.31. The molecule has 6 heteroatoms. The van der Waals surface area contributed by atoms with Crippen molar-refractivity contribution in [2.24, 2.45) is 5.92 Å². The molecule has 0 amide bonds. The van der Waals surface area contributed by atoms with Gasteiger partial charge in [0.15, 0.2) is 5.82 Å². The number of nitrogens with zero attached hydrogens (tertiary/aromatic N) is 2. The third-order valence-electron chi connectivity index (χ3n) is 2.96. The lowest BCUT2D eigenvalue weighted by Gasteiger charge is -2.12. The van der Waals surface area contributed by atoms with E-state index in [1.165, 1.54) is 0 Å². The maximum atomic E-state index is 6.05. The molecule has 0 aliphatic rings. The molecule has 0 fully saturated rings. The van der Waals surface area contributed by atoms with Crippen molar-refractivity contribution in [2.45, 2.75) is 20.3 Å². The van der Waals surface area contributed by atoms with Crippen molar-refractivity contribution in [3.8, 4) is 17.1 Å². The van der Waals surface area contributed by atoms with Gasteiger partial charge in [0, 0.05) is 10.0 Å². The van der Waals surface area contributed by atoms with E-state index in [1.54, 1.807) is 7.11 Å². The average molecular weight is 462 g/mol. The molecule has 112 valence electrons. The van der Waals surface area contributed by atoms with Crippen LogP contribution in [0.25, 0.3) is 11.4 Å². The Bertz CT molecular complexity index is 662. The minimum Gasteiger partial charge on any atom is -0.497 e. The van der Waals surface area contributed by atoms with E-state index in [0.29, 0.717) is 17.6 Å². The van der Waals surface area contributed by atoms with Gasteiger partial charge in [0.1, 0.15) is 11.6 Å². The Balaban J connectivity index is 2.56. The first-order valence-corrected chi connectivity index (χ1v) is 8.45. The van der Waals surface area contributed by atoms with Gasteiger partial charge in [0.05, 0.1) is 16.4 Å². The molecule has 1 aromatic carbocycles. The molecule has 1 aromatic heterocycles. The molecule has 0 aliphatic carbocycles. The lowest BCUT2D eigenvalue weighted by Crippen LogP contribution is -2.07. The molecule has 0 unspecified atom stereocenters. The number of halogens is 2. The van der Waals surface area contributed by atoms with Crippen molar-refractivity contribution >= 4 is 44.3 Å². The van der Waals surface area contributed by atoms with E-state index in [9.17, 15) is 0 Å². The molecule has 0 spiro atoms. The SMILES string of the molecule is COc1ccc(Br)c(-c2nc(N)c(I)c(CC(C)C)n2)c1. The van der Waals surface area contributed by atoms with Gasteiger partial charge >= 0.3 is 0 Å². The van der Waals surface area contributed by atoms with Gasteiger partial charge in [-0.1, -0.05) is 29.8 Å². The molecule has 2 N–H and O–H groups in total. The zero-order valence-electron chi connectivity index (χ0n) is 12.2.